The number of rotatable bonds is 4. The van der Waals surface area contributed by atoms with Gasteiger partial charge in [0.15, 0.2) is 0 Å². The number of hydrogen-bond acceptors (Lipinski definition) is 1. The SMILES string of the molecule is CCCOC1(C(C)C)CC1. The Bertz CT molecular complexity index is 103. The van der Waals surface area contributed by atoms with Gasteiger partial charge in [0.05, 0.1) is 5.60 Å². The number of ether oxygens (including phenoxy) is 1. The first-order chi connectivity index (χ1) is 4.71. The molecule has 0 bridgehead atoms. The maximum absolute atomic E-state index is 5.75. The Morgan fingerprint density at radius 2 is 2.00 bits per heavy atom. The lowest BCUT2D eigenvalue weighted by molar-refractivity contribution is 0.000944. The molecular weight excluding hydrogens is 124 g/mol. The maximum atomic E-state index is 5.75. The third-order valence-corrected chi connectivity index (χ3v) is 2.39. The van der Waals surface area contributed by atoms with Crippen LogP contribution in [0, 0.1) is 5.92 Å². The molecule has 0 aromatic rings. The molecule has 1 nitrogen and oxygen atoms in total. The van der Waals surface area contributed by atoms with Gasteiger partial charge in [-0.3, -0.25) is 0 Å². The summed E-state index contributed by atoms with van der Waals surface area (Å²) in [6, 6.07) is 0. The van der Waals surface area contributed by atoms with Crippen LogP contribution in [0.3, 0.4) is 0 Å². The largest absolute Gasteiger partial charge is 0.375 e. The molecule has 0 radical (unpaired) electrons. The summed E-state index contributed by atoms with van der Waals surface area (Å²) < 4.78 is 5.75. The quantitative estimate of drug-likeness (QED) is 0.586. The zero-order valence-electron chi connectivity index (χ0n) is 7.31. The molecule has 1 fully saturated rings. The molecule has 1 heteroatoms. The minimum absolute atomic E-state index is 0.302. The van der Waals surface area contributed by atoms with Crippen molar-refractivity contribution in [3.63, 3.8) is 0 Å². The zero-order valence-corrected chi connectivity index (χ0v) is 7.31. The Morgan fingerprint density at radius 3 is 2.30 bits per heavy atom. The predicted molar refractivity (Wildman–Crippen MR) is 43.0 cm³/mol. The van der Waals surface area contributed by atoms with E-state index in [0.717, 1.165) is 13.0 Å². The lowest BCUT2D eigenvalue weighted by Gasteiger charge is -2.19. The minimum atomic E-state index is 0.302. The van der Waals surface area contributed by atoms with Gasteiger partial charge in [-0.05, 0) is 25.2 Å². The molecule has 1 aliphatic carbocycles. The van der Waals surface area contributed by atoms with Crippen LogP contribution in [0.25, 0.3) is 0 Å². The van der Waals surface area contributed by atoms with E-state index in [9.17, 15) is 0 Å². The summed E-state index contributed by atoms with van der Waals surface area (Å²) in [7, 11) is 0. The Kier molecular flexibility index (Phi) is 2.35. The van der Waals surface area contributed by atoms with Gasteiger partial charge in [-0.2, -0.15) is 0 Å². The van der Waals surface area contributed by atoms with Crippen molar-refractivity contribution in [1.29, 1.82) is 0 Å². The fourth-order valence-electron chi connectivity index (χ4n) is 1.32. The molecule has 0 spiro atoms. The van der Waals surface area contributed by atoms with E-state index in [1.165, 1.54) is 12.8 Å². The fourth-order valence-corrected chi connectivity index (χ4v) is 1.32. The van der Waals surface area contributed by atoms with Crippen LogP contribution in [0.15, 0.2) is 0 Å². The van der Waals surface area contributed by atoms with Gasteiger partial charge in [0, 0.05) is 6.61 Å². The molecule has 0 N–H and O–H groups in total. The van der Waals surface area contributed by atoms with Crippen LogP contribution >= 0.6 is 0 Å². The normalized spacial score (nSPS) is 21.6. The second kappa shape index (κ2) is 2.91. The molecule has 0 amide bonds. The van der Waals surface area contributed by atoms with Crippen LogP contribution in [0.5, 0.6) is 0 Å². The lowest BCUT2D eigenvalue weighted by atomic mass is 10.1. The van der Waals surface area contributed by atoms with E-state index in [0.29, 0.717) is 11.5 Å². The van der Waals surface area contributed by atoms with Gasteiger partial charge in [0.2, 0.25) is 0 Å². The van der Waals surface area contributed by atoms with Crippen LogP contribution in [-0.4, -0.2) is 12.2 Å². The van der Waals surface area contributed by atoms with Gasteiger partial charge in [0.1, 0.15) is 0 Å². The van der Waals surface area contributed by atoms with E-state index in [-0.39, 0.29) is 0 Å². The van der Waals surface area contributed by atoms with Crippen LogP contribution in [0.4, 0.5) is 0 Å². The Morgan fingerprint density at radius 1 is 1.40 bits per heavy atom. The first kappa shape index (κ1) is 8.06. The van der Waals surface area contributed by atoms with Crippen molar-refractivity contribution in [2.45, 2.75) is 45.6 Å². The van der Waals surface area contributed by atoms with E-state index in [1.54, 1.807) is 0 Å². The summed E-state index contributed by atoms with van der Waals surface area (Å²) in [6.07, 6.45) is 3.71. The molecule has 0 saturated heterocycles. The van der Waals surface area contributed by atoms with Crippen molar-refractivity contribution < 1.29 is 4.74 Å². The summed E-state index contributed by atoms with van der Waals surface area (Å²) >= 11 is 0. The monoisotopic (exact) mass is 142 g/mol. The average Bonchev–Trinajstić information content (AvgIpc) is 2.64. The van der Waals surface area contributed by atoms with Crippen molar-refractivity contribution in [1.82, 2.24) is 0 Å². The second-order valence-electron chi connectivity index (χ2n) is 3.57. The van der Waals surface area contributed by atoms with Gasteiger partial charge in [-0.25, -0.2) is 0 Å². The van der Waals surface area contributed by atoms with E-state index in [4.69, 9.17) is 4.74 Å². The summed E-state index contributed by atoms with van der Waals surface area (Å²) in [4.78, 5) is 0. The Balaban J connectivity index is 2.24. The van der Waals surface area contributed by atoms with Crippen molar-refractivity contribution in [2.75, 3.05) is 6.61 Å². The lowest BCUT2D eigenvalue weighted by Crippen LogP contribution is -2.21. The van der Waals surface area contributed by atoms with E-state index in [1.807, 2.05) is 0 Å². The highest BCUT2D eigenvalue weighted by Gasteiger charge is 2.46. The molecule has 0 unspecified atom stereocenters. The maximum Gasteiger partial charge on any atom is 0.0707 e. The van der Waals surface area contributed by atoms with Crippen molar-refractivity contribution in [3.8, 4) is 0 Å². The van der Waals surface area contributed by atoms with Gasteiger partial charge >= 0.3 is 0 Å². The van der Waals surface area contributed by atoms with Crippen molar-refractivity contribution in [2.24, 2.45) is 5.92 Å². The molecule has 1 saturated carbocycles. The average molecular weight is 142 g/mol. The highest BCUT2D eigenvalue weighted by atomic mass is 16.5. The Hall–Kier alpha value is -0.0400. The molecule has 0 aromatic heterocycles. The van der Waals surface area contributed by atoms with Crippen LogP contribution < -0.4 is 0 Å². The molecule has 1 rings (SSSR count). The smallest absolute Gasteiger partial charge is 0.0707 e. The molecule has 0 heterocycles. The summed E-state index contributed by atoms with van der Waals surface area (Å²) in [5, 5.41) is 0. The van der Waals surface area contributed by atoms with Gasteiger partial charge in [-0.15, -0.1) is 0 Å². The van der Waals surface area contributed by atoms with Crippen LogP contribution in [0.1, 0.15) is 40.0 Å². The highest BCUT2D eigenvalue weighted by molar-refractivity contribution is 4.98. The molecule has 1 aliphatic rings. The van der Waals surface area contributed by atoms with Gasteiger partial charge in [-0.1, -0.05) is 20.8 Å². The molecule has 10 heavy (non-hydrogen) atoms. The molecular formula is C9H18O. The minimum Gasteiger partial charge on any atom is -0.375 e. The fraction of sp³-hybridized carbons (Fsp3) is 1.00. The number of hydrogen-bond donors (Lipinski definition) is 0. The van der Waals surface area contributed by atoms with Crippen LogP contribution in [0.2, 0.25) is 0 Å². The van der Waals surface area contributed by atoms with Crippen molar-refractivity contribution in [3.05, 3.63) is 0 Å². The summed E-state index contributed by atoms with van der Waals surface area (Å²) in [5.41, 5.74) is 0.302. The second-order valence-corrected chi connectivity index (χ2v) is 3.57. The molecule has 0 atom stereocenters. The van der Waals surface area contributed by atoms with Gasteiger partial charge in [0.25, 0.3) is 0 Å². The standard InChI is InChI=1S/C9H18O/c1-4-7-10-9(5-6-9)8(2)3/h8H,4-7H2,1-3H3. The zero-order chi connectivity index (χ0) is 7.61. The van der Waals surface area contributed by atoms with E-state index < -0.39 is 0 Å². The predicted octanol–water partition coefficient (Wildman–Crippen LogP) is 2.60. The first-order valence-corrected chi connectivity index (χ1v) is 4.35. The van der Waals surface area contributed by atoms with Gasteiger partial charge < -0.3 is 4.74 Å². The molecule has 0 aliphatic heterocycles. The topological polar surface area (TPSA) is 9.23 Å². The van der Waals surface area contributed by atoms with Crippen molar-refractivity contribution >= 4 is 0 Å². The third kappa shape index (κ3) is 1.51. The van der Waals surface area contributed by atoms with E-state index >= 15 is 0 Å². The Labute approximate surface area is 63.8 Å². The van der Waals surface area contributed by atoms with E-state index in [2.05, 4.69) is 20.8 Å². The first-order valence-electron chi connectivity index (χ1n) is 4.35. The van der Waals surface area contributed by atoms with Crippen LogP contribution in [-0.2, 0) is 4.74 Å². The molecule has 0 aromatic carbocycles. The summed E-state index contributed by atoms with van der Waals surface area (Å²) in [5.74, 6) is 0.707. The molecule has 60 valence electrons. The highest BCUT2D eigenvalue weighted by Crippen LogP contribution is 2.45. The summed E-state index contributed by atoms with van der Waals surface area (Å²) in [6.45, 7) is 7.61. The third-order valence-electron chi connectivity index (χ3n) is 2.39.